The lowest BCUT2D eigenvalue weighted by atomic mass is 10.1. The number of hydrazone groups is 1. The fraction of sp³-hybridized carbons (Fsp3) is 0.222. The van der Waals surface area contributed by atoms with Gasteiger partial charge in [-0.3, -0.25) is 15.0 Å². The fourth-order valence-corrected chi connectivity index (χ4v) is 1.31. The minimum Gasteiger partial charge on any atom is -0.325 e. The van der Waals surface area contributed by atoms with Crippen molar-refractivity contribution in [1.82, 2.24) is 10.4 Å². The van der Waals surface area contributed by atoms with Gasteiger partial charge in [0.05, 0.1) is 5.71 Å². The first kappa shape index (κ1) is 11.9. The lowest BCUT2D eigenvalue weighted by molar-refractivity contribution is 0.0952. The van der Waals surface area contributed by atoms with E-state index >= 15 is 0 Å². The molecule has 0 radical (unpaired) electrons. The van der Waals surface area contributed by atoms with Crippen molar-refractivity contribution in [3.8, 4) is 0 Å². The molecule has 0 atom stereocenters. The van der Waals surface area contributed by atoms with Gasteiger partial charge in [0, 0.05) is 11.3 Å². The minimum absolute atomic E-state index is 0.0777. The molecule has 0 bridgehead atoms. The number of hydrazine groups is 1. The number of nitrogen functional groups attached to an aromatic ring is 1. The molecule has 0 aliphatic heterocycles. The quantitative estimate of drug-likeness (QED) is 0.221. The van der Waals surface area contributed by atoms with E-state index in [9.17, 15) is 9.59 Å². The smallest absolute Gasteiger partial charge is 0.270 e. The van der Waals surface area contributed by atoms with Crippen LogP contribution < -0.4 is 22.7 Å². The highest BCUT2D eigenvalue weighted by atomic mass is 16.2. The number of hydrogen-bond donors (Lipinski definition) is 4. The zero-order chi connectivity index (χ0) is 12.3. The van der Waals surface area contributed by atoms with Crippen LogP contribution in [0, 0.1) is 6.92 Å². The van der Waals surface area contributed by atoms with Crippen LogP contribution in [0.25, 0.3) is 0 Å². The first-order valence-corrected chi connectivity index (χ1v) is 4.51. The zero-order valence-electron chi connectivity index (χ0n) is 9.00. The third kappa shape index (κ3) is 2.09. The van der Waals surface area contributed by atoms with Gasteiger partial charge in [0.1, 0.15) is 5.56 Å². The van der Waals surface area contributed by atoms with Gasteiger partial charge in [-0.1, -0.05) is 0 Å². The molecule has 7 nitrogen and oxygen atoms in total. The van der Waals surface area contributed by atoms with E-state index in [4.69, 9.17) is 11.7 Å². The van der Waals surface area contributed by atoms with Gasteiger partial charge in [0.25, 0.3) is 11.5 Å². The van der Waals surface area contributed by atoms with Crippen LogP contribution in [0.1, 0.15) is 28.5 Å². The predicted molar refractivity (Wildman–Crippen MR) is 59.9 cm³/mol. The SMILES string of the molecule is C/C(=N/N)c1cc(C(=O)NN)c(=O)[nH]c1C. The topological polar surface area (TPSA) is 126 Å². The Bertz CT molecular complexity index is 503. The van der Waals surface area contributed by atoms with E-state index in [-0.39, 0.29) is 5.56 Å². The second-order valence-corrected chi connectivity index (χ2v) is 3.24. The number of hydrogen-bond acceptors (Lipinski definition) is 5. The Balaban J connectivity index is 3.44. The number of rotatable bonds is 2. The Labute approximate surface area is 91.5 Å². The number of amides is 1. The largest absolute Gasteiger partial charge is 0.325 e. The maximum atomic E-state index is 11.5. The number of carbonyl (C=O) groups is 1. The summed E-state index contributed by atoms with van der Waals surface area (Å²) in [5.74, 6) is 9.44. The van der Waals surface area contributed by atoms with Crippen molar-refractivity contribution in [1.29, 1.82) is 0 Å². The number of nitrogens with two attached hydrogens (primary N) is 2. The van der Waals surface area contributed by atoms with Crippen molar-refractivity contribution in [3.63, 3.8) is 0 Å². The summed E-state index contributed by atoms with van der Waals surface area (Å²) in [5.41, 5.74) is 3.01. The summed E-state index contributed by atoms with van der Waals surface area (Å²) in [5, 5.41) is 3.51. The van der Waals surface area contributed by atoms with Gasteiger partial charge in [-0.25, -0.2) is 5.84 Å². The molecular weight excluding hydrogens is 210 g/mol. The van der Waals surface area contributed by atoms with E-state index in [1.165, 1.54) is 6.07 Å². The molecule has 0 aliphatic rings. The summed E-state index contributed by atoms with van der Waals surface area (Å²) in [4.78, 5) is 25.3. The molecule has 0 aliphatic carbocycles. The fourth-order valence-electron chi connectivity index (χ4n) is 1.31. The van der Waals surface area contributed by atoms with Gasteiger partial charge in [-0.15, -0.1) is 0 Å². The maximum absolute atomic E-state index is 11.5. The second kappa shape index (κ2) is 4.58. The Hall–Kier alpha value is -2.15. The molecule has 86 valence electrons. The normalized spacial score (nSPS) is 11.3. The zero-order valence-corrected chi connectivity index (χ0v) is 9.00. The van der Waals surface area contributed by atoms with Gasteiger partial charge in [0.15, 0.2) is 0 Å². The van der Waals surface area contributed by atoms with Crippen molar-refractivity contribution in [2.24, 2.45) is 16.8 Å². The van der Waals surface area contributed by atoms with Crippen molar-refractivity contribution in [3.05, 3.63) is 33.2 Å². The first-order valence-electron chi connectivity index (χ1n) is 4.51. The summed E-state index contributed by atoms with van der Waals surface area (Å²) < 4.78 is 0. The molecule has 1 heterocycles. The Morgan fingerprint density at radius 3 is 2.62 bits per heavy atom. The van der Waals surface area contributed by atoms with Crippen molar-refractivity contribution >= 4 is 11.6 Å². The first-order chi connectivity index (χ1) is 7.51. The highest BCUT2D eigenvalue weighted by molar-refractivity contribution is 6.02. The number of aromatic nitrogens is 1. The molecule has 0 unspecified atom stereocenters. The van der Waals surface area contributed by atoms with E-state index < -0.39 is 11.5 Å². The molecule has 0 fully saturated rings. The van der Waals surface area contributed by atoms with Gasteiger partial charge in [-0.05, 0) is 19.9 Å². The second-order valence-electron chi connectivity index (χ2n) is 3.24. The minimum atomic E-state index is -0.660. The van der Waals surface area contributed by atoms with E-state index in [0.29, 0.717) is 17.0 Å². The summed E-state index contributed by atoms with van der Waals surface area (Å²) in [7, 11) is 0. The van der Waals surface area contributed by atoms with Crippen LogP contribution in [0.3, 0.4) is 0 Å². The third-order valence-electron chi connectivity index (χ3n) is 2.20. The molecule has 0 saturated carbocycles. The Morgan fingerprint density at radius 2 is 2.12 bits per heavy atom. The van der Waals surface area contributed by atoms with Gasteiger partial charge >= 0.3 is 0 Å². The number of pyridine rings is 1. The van der Waals surface area contributed by atoms with Crippen LogP contribution in [0.4, 0.5) is 0 Å². The number of nitrogens with zero attached hydrogens (tertiary/aromatic N) is 1. The van der Waals surface area contributed by atoms with Gasteiger partial charge in [0.2, 0.25) is 0 Å². The molecule has 0 aromatic carbocycles. The lowest BCUT2D eigenvalue weighted by Gasteiger charge is -2.06. The van der Waals surface area contributed by atoms with E-state index in [2.05, 4.69) is 10.1 Å². The molecule has 1 amide bonds. The van der Waals surface area contributed by atoms with Crippen LogP contribution in [-0.2, 0) is 0 Å². The summed E-state index contributed by atoms with van der Waals surface area (Å²) in [6.07, 6.45) is 0. The number of aromatic amines is 1. The van der Waals surface area contributed by atoms with E-state index in [0.717, 1.165) is 0 Å². The summed E-state index contributed by atoms with van der Waals surface area (Å²) >= 11 is 0. The van der Waals surface area contributed by atoms with Crippen LogP contribution >= 0.6 is 0 Å². The van der Waals surface area contributed by atoms with Gasteiger partial charge < -0.3 is 10.8 Å². The number of H-pyrrole nitrogens is 1. The molecule has 1 aromatic rings. The number of nitrogens with one attached hydrogen (secondary N) is 2. The molecule has 1 rings (SSSR count). The Morgan fingerprint density at radius 1 is 1.50 bits per heavy atom. The molecule has 1 aromatic heterocycles. The molecular formula is C9H13N5O2. The van der Waals surface area contributed by atoms with Gasteiger partial charge in [-0.2, -0.15) is 5.10 Å². The summed E-state index contributed by atoms with van der Waals surface area (Å²) in [6, 6.07) is 1.40. The molecule has 7 heteroatoms. The highest BCUT2D eigenvalue weighted by Gasteiger charge is 2.13. The van der Waals surface area contributed by atoms with E-state index in [1.54, 1.807) is 13.8 Å². The van der Waals surface area contributed by atoms with Crippen LogP contribution in [0.2, 0.25) is 0 Å². The van der Waals surface area contributed by atoms with Crippen LogP contribution in [-0.4, -0.2) is 16.6 Å². The standard InChI is InChI=1S/C9H13N5O2/c1-4-6(5(2)13-10)3-7(8(15)12-4)9(16)14-11/h3H,10-11H2,1-2H3,(H,12,15)(H,14,16)/b13-5-. The van der Waals surface area contributed by atoms with Crippen molar-refractivity contribution in [2.75, 3.05) is 0 Å². The summed E-state index contributed by atoms with van der Waals surface area (Å²) in [6.45, 7) is 3.36. The molecule has 0 saturated heterocycles. The highest BCUT2D eigenvalue weighted by Crippen LogP contribution is 2.06. The molecule has 0 spiro atoms. The third-order valence-corrected chi connectivity index (χ3v) is 2.20. The van der Waals surface area contributed by atoms with Crippen LogP contribution in [0.5, 0.6) is 0 Å². The van der Waals surface area contributed by atoms with Crippen molar-refractivity contribution < 1.29 is 4.79 Å². The number of aryl methyl sites for hydroxylation is 1. The lowest BCUT2D eigenvalue weighted by Crippen LogP contribution is -2.35. The monoisotopic (exact) mass is 223 g/mol. The van der Waals surface area contributed by atoms with Crippen molar-refractivity contribution in [2.45, 2.75) is 13.8 Å². The average molecular weight is 223 g/mol. The Kier molecular flexibility index (Phi) is 3.41. The molecule has 6 N–H and O–H groups in total. The predicted octanol–water partition coefficient (Wildman–Crippen LogP) is -1.03. The number of carbonyl (C=O) groups excluding carboxylic acids is 1. The molecule has 16 heavy (non-hydrogen) atoms. The average Bonchev–Trinajstić information content (AvgIpc) is 2.27. The van der Waals surface area contributed by atoms with Crippen LogP contribution in [0.15, 0.2) is 16.0 Å². The van der Waals surface area contributed by atoms with E-state index in [1.807, 2.05) is 5.43 Å². The maximum Gasteiger partial charge on any atom is 0.270 e.